The fourth-order valence-corrected chi connectivity index (χ4v) is 2.62. The molecule has 0 aliphatic carbocycles. The summed E-state index contributed by atoms with van der Waals surface area (Å²) in [5.74, 6) is 0.471. The topological polar surface area (TPSA) is 53.0 Å². The van der Waals surface area contributed by atoms with Crippen LogP contribution in [0, 0.1) is 17.2 Å². The molecule has 2 unspecified atom stereocenters. The number of hydrogen-bond donors (Lipinski definition) is 1. The van der Waals surface area contributed by atoms with Crippen molar-refractivity contribution in [3.8, 4) is 6.07 Å². The number of hydrogen-bond acceptors (Lipinski definition) is 3. The summed E-state index contributed by atoms with van der Waals surface area (Å²) in [4.78, 5) is 2.26. The highest BCUT2D eigenvalue weighted by molar-refractivity contribution is 9.10. The van der Waals surface area contributed by atoms with Crippen LogP contribution in [0.15, 0.2) is 22.7 Å². The van der Waals surface area contributed by atoms with E-state index < -0.39 is 0 Å². The van der Waals surface area contributed by atoms with Gasteiger partial charge in [0, 0.05) is 23.6 Å². The maximum atomic E-state index is 9.17. The minimum absolute atomic E-state index is 0.284. The predicted octanol–water partition coefficient (Wildman–Crippen LogP) is 2.49. The van der Waals surface area contributed by atoms with Crippen LogP contribution in [0.4, 0.5) is 5.69 Å². The molecule has 1 saturated heterocycles. The Bertz CT molecular complexity index is 452. The van der Waals surface area contributed by atoms with Crippen molar-refractivity contribution < 1.29 is 0 Å². The molecule has 0 spiro atoms. The lowest BCUT2D eigenvalue weighted by molar-refractivity contribution is 0.383. The van der Waals surface area contributed by atoms with E-state index in [1.165, 1.54) is 0 Å². The maximum absolute atomic E-state index is 9.17. The van der Waals surface area contributed by atoms with Crippen LogP contribution in [-0.2, 0) is 0 Å². The van der Waals surface area contributed by atoms with Gasteiger partial charge in [-0.05, 0) is 30.5 Å². The molecule has 1 heterocycles. The second kappa shape index (κ2) is 5.07. The van der Waals surface area contributed by atoms with Crippen LogP contribution in [0.25, 0.3) is 0 Å². The second-order valence-electron chi connectivity index (χ2n) is 4.65. The van der Waals surface area contributed by atoms with Crippen LogP contribution < -0.4 is 10.6 Å². The van der Waals surface area contributed by atoms with Gasteiger partial charge in [-0.2, -0.15) is 5.26 Å². The normalized spacial score (nSPS) is 24.5. The molecular weight excluding hydrogens is 278 g/mol. The van der Waals surface area contributed by atoms with Gasteiger partial charge in [-0.25, -0.2) is 0 Å². The van der Waals surface area contributed by atoms with Crippen molar-refractivity contribution in [2.24, 2.45) is 11.7 Å². The third-order valence-electron chi connectivity index (χ3n) is 3.39. The van der Waals surface area contributed by atoms with Crippen LogP contribution in [0.1, 0.15) is 18.9 Å². The number of nitriles is 1. The van der Waals surface area contributed by atoms with E-state index in [1.54, 1.807) is 0 Å². The summed E-state index contributed by atoms with van der Waals surface area (Å²) in [7, 11) is 0. The van der Waals surface area contributed by atoms with Gasteiger partial charge in [-0.3, -0.25) is 0 Å². The summed E-state index contributed by atoms with van der Waals surface area (Å²) in [5.41, 5.74) is 7.76. The van der Waals surface area contributed by atoms with Gasteiger partial charge in [0.25, 0.3) is 0 Å². The van der Waals surface area contributed by atoms with Crippen LogP contribution >= 0.6 is 15.9 Å². The van der Waals surface area contributed by atoms with Crippen LogP contribution in [-0.4, -0.2) is 19.1 Å². The Morgan fingerprint density at radius 2 is 2.29 bits per heavy atom. The van der Waals surface area contributed by atoms with Gasteiger partial charge in [-0.15, -0.1) is 0 Å². The van der Waals surface area contributed by atoms with Crippen molar-refractivity contribution in [2.45, 2.75) is 19.4 Å². The first-order valence-corrected chi connectivity index (χ1v) is 6.61. The highest BCUT2D eigenvalue weighted by Gasteiger charge is 2.24. The minimum Gasteiger partial charge on any atom is -0.370 e. The van der Waals surface area contributed by atoms with Gasteiger partial charge in [-0.1, -0.05) is 22.9 Å². The first kappa shape index (κ1) is 12.4. The van der Waals surface area contributed by atoms with Crippen LogP contribution in [0.2, 0.25) is 0 Å². The van der Waals surface area contributed by atoms with Gasteiger partial charge in [0.05, 0.1) is 11.3 Å². The molecule has 0 amide bonds. The van der Waals surface area contributed by atoms with Crippen molar-refractivity contribution in [1.82, 2.24) is 0 Å². The van der Waals surface area contributed by atoms with E-state index in [1.807, 2.05) is 18.2 Å². The van der Waals surface area contributed by atoms with E-state index in [0.29, 0.717) is 5.92 Å². The average Bonchev–Trinajstić information content (AvgIpc) is 2.32. The lowest BCUT2D eigenvalue weighted by Gasteiger charge is -2.37. The lowest BCUT2D eigenvalue weighted by atomic mass is 9.94. The predicted molar refractivity (Wildman–Crippen MR) is 72.8 cm³/mol. The van der Waals surface area contributed by atoms with Crippen molar-refractivity contribution in [2.75, 3.05) is 18.0 Å². The molecule has 17 heavy (non-hydrogen) atoms. The smallest absolute Gasteiger partial charge is 0.101 e. The van der Waals surface area contributed by atoms with Crippen molar-refractivity contribution in [3.63, 3.8) is 0 Å². The fourth-order valence-electron chi connectivity index (χ4n) is 2.26. The molecule has 1 aromatic rings. The number of halogens is 1. The zero-order chi connectivity index (χ0) is 12.4. The Morgan fingerprint density at radius 3 is 2.94 bits per heavy atom. The molecule has 0 saturated carbocycles. The third-order valence-corrected chi connectivity index (χ3v) is 3.88. The highest BCUT2D eigenvalue weighted by atomic mass is 79.9. The number of nitrogens with two attached hydrogens (primary N) is 1. The number of piperidine rings is 1. The number of benzene rings is 1. The molecule has 4 heteroatoms. The summed E-state index contributed by atoms with van der Waals surface area (Å²) >= 11 is 3.39. The standard InChI is InChI=1S/C13H16BrN3/c1-9-8-17(5-4-12(9)16)13-3-2-11(14)6-10(13)7-15/h2-3,6,9,12H,4-5,8,16H2,1H3. The van der Waals surface area contributed by atoms with Crippen LogP contribution in [0.3, 0.4) is 0 Å². The Balaban J connectivity index is 2.26. The molecular formula is C13H16BrN3. The Kier molecular flexibility index (Phi) is 3.70. The summed E-state index contributed by atoms with van der Waals surface area (Å²) in [6.45, 7) is 4.03. The molecule has 0 aromatic heterocycles. The summed E-state index contributed by atoms with van der Waals surface area (Å²) < 4.78 is 0.944. The monoisotopic (exact) mass is 293 g/mol. The maximum Gasteiger partial charge on any atom is 0.101 e. The first-order chi connectivity index (χ1) is 8.11. The van der Waals surface area contributed by atoms with Gasteiger partial charge < -0.3 is 10.6 Å². The first-order valence-electron chi connectivity index (χ1n) is 5.82. The number of nitrogens with zero attached hydrogens (tertiary/aromatic N) is 2. The molecule has 3 nitrogen and oxygen atoms in total. The van der Waals surface area contributed by atoms with E-state index in [-0.39, 0.29) is 6.04 Å². The second-order valence-corrected chi connectivity index (χ2v) is 5.56. The van der Waals surface area contributed by atoms with E-state index in [9.17, 15) is 0 Å². The SMILES string of the molecule is CC1CN(c2ccc(Br)cc2C#N)CCC1N. The lowest BCUT2D eigenvalue weighted by Crippen LogP contribution is -2.46. The molecule has 1 aliphatic rings. The summed E-state index contributed by atoms with van der Waals surface area (Å²) in [6.07, 6.45) is 0.988. The Morgan fingerprint density at radius 1 is 1.53 bits per heavy atom. The third kappa shape index (κ3) is 2.62. The fraction of sp³-hybridized carbons (Fsp3) is 0.462. The van der Waals surface area contributed by atoms with Gasteiger partial charge in [0.15, 0.2) is 0 Å². The molecule has 90 valence electrons. The zero-order valence-corrected chi connectivity index (χ0v) is 11.4. The molecule has 2 rings (SSSR count). The average molecular weight is 294 g/mol. The van der Waals surface area contributed by atoms with Crippen LogP contribution in [0.5, 0.6) is 0 Å². The van der Waals surface area contributed by atoms with E-state index >= 15 is 0 Å². The quantitative estimate of drug-likeness (QED) is 0.865. The molecule has 1 aromatic carbocycles. The highest BCUT2D eigenvalue weighted by Crippen LogP contribution is 2.27. The summed E-state index contributed by atoms with van der Waals surface area (Å²) in [5, 5.41) is 9.17. The van der Waals surface area contributed by atoms with Gasteiger partial charge >= 0.3 is 0 Å². The van der Waals surface area contributed by atoms with Gasteiger partial charge in [0.2, 0.25) is 0 Å². The van der Waals surface area contributed by atoms with E-state index in [0.717, 1.165) is 35.2 Å². The van der Waals surface area contributed by atoms with E-state index in [4.69, 9.17) is 11.0 Å². The molecule has 2 N–H and O–H groups in total. The summed E-state index contributed by atoms with van der Waals surface area (Å²) in [6, 6.07) is 8.40. The number of anilines is 1. The molecule has 0 radical (unpaired) electrons. The van der Waals surface area contributed by atoms with Gasteiger partial charge in [0.1, 0.15) is 6.07 Å². The minimum atomic E-state index is 0.284. The van der Waals surface area contributed by atoms with E-state index in [2.05, 4.69) is 33.8 Å². The Labute approximate surface area is 110 Å². The zero-order valence-electron chi connectivity index (χ0n) is 9.86. The molecule has 1 aliphatic heterocycles. The molecule has 1 fully saturated rings. The number of rotatable bonds is 1. The van der Waals surface area contributed by atoms with Crippen molar-refractivity contribution >= 4 is 21.6 Å². The van der Waals surface area contributed by atoms with Crippen molar-refractivity contribution in [3.05, 3.63) is 28.2 Å². The largest absolute Gasteiger partial charge is 0.370 e. The molecule has 0 bridgehead atoms. The molecule has 2 atom stereocenters. The Hall–Kier alpha value is -1.05. The van der Waals surface area contributed by atoms with Crippen molar-refractivity contribution in [1.29, 1.82) is 5.26 Å².